The Balaban J connectivity index is 1.31. The van der Waals surface area contributed by atoms with Gasteiger partial charge >= 0.3 is 0 Å². The molecule has 2 N–H and O–H groups in total. The van der Waals surface area contributed by atoms with Gasteiger partial charge < -0.3 is 19.6 Å². The van der Waals surface area contributed by atoms with Gasteiger partial charge in [0.15, 0.2) is 0 Å². The molecule has 2 aliphatic heterocycles. The number of carbonyl (C=O) groups excluding carboxylic acids is 1. The zero-order valence-electron chi connectivity index (χ0n) is 21.0. The van der Waals surface area contributed by atoms with Gasteiger partial charge in [0.05, 0.1) is 23.3 Å². The van der Waals surface area contributed by atoms with Crippen molar-refractivity contribution in [3.05, 3.63) is 81.2 Å². The Hall–Kier alpha value is -3.91. The molecule has 0 bridgehead atoms. The second-order valence-corrected chi connectivity index (χ2v) is 10.3. The maximum atomic E-state index is 13.9. The molecule has 0 spiro atoms. The van der Waals surface area contributed by atoms with Gasteiger partial charge in [0.2, 0.25) is 0 Å². The summed E-state index contributed by atoms with van der Waals surface area (Å²) < 4.78 is 7.52. The summed E-state index contributed by atoms with van der Waals surface area (Å²) in [7, 11) is 0. The van der Waals surface area contributed by atoms with Crippen LogP contribution in [0.5, 0.6) is 0 Å². The average molecular weight is 496 g/mol. The number of aromatic nitrogens is 4. The molecule has 0 aliphatic carbocycles. The van der Waals surface area contributed by atoms with E-state index >= 15 is 0 Å². The highest BCUT2D eigenvalue weighted by Gasteiger charge is 2.32. The average Bonchev–Trinajstić information content (AvgIpc) is 3.53. The number of imidazole rings is 1. The quantitative estimate of drug-likeness (QED) is 0.374. The molecule has 1 atom stereocenters. The zero-order valence-corrected chi connectivity index (χ0v) is 21.0. The van der Waals surface area contributed by atoms with Crippen molar-refractivity contribution in [1.29, 1.82) is 0 Å². The van der Waals surface area contributed by atoms with E-state index in [1.165, 1.54) is 10.9 Å². The summed E-state index contributed by atoms with van der Waals surface area (Å²) in [5.41, 5.74) is 6.86. The highest BCUT2D eigenvalue weighted by atomic mass is 16.5. The van der Waals surface area contributed by atoms with Gasteiger partial charge in [0, 0.05) is 47.8 Å². The van der Waals surface area contributed by atoms with Crippen molar-refractivity contribution in [2.75, 3.05) is 19.8 Å². The number of aryl methyl sites for hydroxylation is 1. The van der Waals surface area contributed by atoms with Crippen molar-refractivity contribution in [3.63, 3.8) is 0 Å². The van der Waals surface area contributed by atoms with Crippen molar-refractivity contribution in [1.82, 2.24) is 24.3 Å². The van der Waals surface area contributed by atoms with Crippen molar-refractivity contribution in [2.24, 2.45) is 0 Å². The summed E-state index contributed by atoms with van der Waals surface area (Å²) in [5, 5.41) is 1.24. The van der Waals surface area contributed by atoms with E-state index in [1.807, 2.05) is 34.4 Å². The molecule has 2 aromatic carbocycles. The minimum Gasteiger partial charge on any atom is -0.381 e. The number of nitrogens with zero attached hydrogens (tertiary/aromatic N) is 3. The van der Waals surface area contributed by atoms with Gasteiger partial charge in [0.1, 0.15) is 11.3 Å². The van der Waals surface area contributed by atoms with Crippen LogP contribution in [0.3, 0.4) is 0 Å². The van der Waals surface area contributed by atoms with Crippen molar-refractivity contribution >= 4 is 33.4 Å². The zero-order chi connectivity index (χ0) is 25.3. The van der Waals surface area contributed by atoms with Gasteiger partial charge in [0.25, 0.3) is 11.5 Å². The molecule has 0 radical (unpaired) electrons. The lowest BCUT2D eigenvalue weighted by Gasteiger charge is -2.34. The highest BCUT2D eigenvalue weighted by Crippen LogP contribution is 2.36. The summed E-state index contributed by atoms with van der Waals surface area (Å²) in [6, 6.07) is 12.1. The molecule has 0 saturated carbocycles. The van der Waals surface area contributed by atoms with E-state index in [0.717, 1.165) is 47.4 Å². The van der Waals surface area contributed by atoms with Crippen LogP contribution < -0.4 is 5.56 Å². The first-order valence-corrected chi connectivity index (χ1v) is 13.0. The number of rotatable bonds is 2. The molecule has 2 aliphatic rings. The van der Waals surface area contributed by atoms with Gasteiger partial charge in [-0.05, 0) is 62.4 Å². The number of hydrogen-bond acceptors (Lipinski definition) is 4. The van der Waals surface area contributed by atoms with Gasteiger partial charge in [-0.15, -0.1) is 0 Å². The van der Waals surface area contributed by atoms with E-state index in [0.29, 0.717) is 36.4 Å². The predicted octanol–water partition coefficient (Wildman–Crippen LogP) is 4.62. The number of para-hydroxylation sites is 1. The number of carbonyl (C=O) groups is 1. The molecular weight excluding hydrogens is 466 g/mol. The van der Waals surface area contributed by atoms with Crippen molar-refractivity contribution in [3.8, 4) is 0 Å². The van der Waals surface area contributed by atoms with Crippen LogP contribution in [-0.2, 0) is 11.2 Å². The summed E-state index contributed by atoms with van der Waals surface area (Å²) in [5.74, 6) is 1.11. The lowest BCUT2D eigenvalue weighted by molar-refractivity contribution is 0.0674. The fourth-order valence-corrected chi connectivity index (χ4v) is 6.28. The summed E-state index contributed by atoms with van der Waals surface area (Å²) in [6.07, 6.45) is 4.23. The normalized spacial score (nSPS) is 18.6. The highest BCUT2D eigenvalue weighted by molar-refractivity contribution is 6.00. The second kappa shape index (κ2) is 8.31. The third-order valence-corrected chi connectivity index (χ3v) is 8.27. The Labute approximate surface area is 213 Å². The van der Waals surface area contributed by atoms with Gasteiger partial charge in [-0.3, -0.25) is 14.0 Å². The molecular formula is C29H29N5O3. The first-order chi connectivity index (χ1) is 18.0. The first kappa shape index (κ1) is 22.3. The summed E-state index contributed by atoms with van der Waals surface area (Å²) in [4.78, 5) is 40.0. The number of ether oxygens (including phenoxy) is 1. The lowest BCUT2D eigenvalue weighted by atomic mass is 9.96. The molecule has 1 saturated heterocycles. The molecule has 3 aromatic heterocycles. The molecule has 7 rings (SSSR count). The van der Waals surface area contributed by atoms with Gasteiger partial charge in [-0.1, -0.05) is 18.2 Å². The molecule has 8 heteroatoms. The number of nitrogens with one attached hydrogen (secondary N) is 2. The van der Waals surface area contributed by atoms with E-state index in [-0.39, 0.29) is 23.4 Å². The maximum absolute atomic E-state index is 13.9. The minimum atomic E-state index is -0.199. The predicted molar refractivity (Wildman–Crippen MR) is 142 cm³/mol. The SMILES string of the molecule is Cc1cc2c(cc1C(=O)N1CCc3c([nH]c4ccccc34)C1C)[nH]c(=O)c1cnc(C3CCOCC3)n12. The van der Waals surface area contributed by atoms with Gasteiger partial charge in [-0.25, -0.2) is 4.98 Å². The minimum absolute atomic E-state index is 0.0209. The van der Waals surface area contributed by atoms with Gasteiger partial charge in [-0.2, -0.15) is 0 Å². The summed E-state index contributed by atoms with van der Waals surface area (Å²) in [6.45, 7) is 6.10. The molecule has 1 fully saturated rings. The third-order valence-electron chi connectivity index (χ3n) is 8.27. The smallest absolute Gasteiger partial charge is 0.274 e. The van der Waals surface area contributed by atoms with E-state index in [9.17, 15) is 9.59 Å². The van der Waals surface area contributed by atoms with Crippen LogP contribution in [0.15, 0.2) is 47.4 Å². The van der Waals surface area contributed by atoms with E-state index in [4.69, 9.17) is 4.74 Å². The number of benzene rings is 2. The largest absolute Gasteiger partial charge is 0.381 e. The van der Waals surface area contributed by atoms with Crippen molar-refractivity contribution < 1.29 is 9.53 Å². The van der Waals surface area contributed by atoms with Crippen LogP contribution in [0.1, 0.15) is 64.7 Å². The van der Waals surface area contributed by atoms with Crippen molar-refractivity contribution in [2.45, 2.75) is 45.1 Å². The molecule has 5 heterocycles. The van der Waals surface area contributed by atoms with E-state index < -0.39 is 0 Å². The van der Waals surface area contributed by atoms with Crippen LogP contribution in [0.25, 0.3) is 27.5 Å². The molecule has 5 aromatic rings. The molecule has 1 amide bonds. The van der Waals surface area contributed by atoms with Crippen LogP contribution in [0.4, 0.5) is 0 Å². The molecule has 188 valence electrons. The van der Waals surface area contributed by atoms with Crippen LogP contribution in [0.2, 0.25) is 0 Å². The number of aromatic amines is 2. The number of hydrogen-bond donors (Lipinski definition) is 2. The first-order valence-electron chi connectivity index (χ1n) is 13.0. The van der Waals surface area contributed by atoms with Crippen LogP contribution >= 0.6 is 0 Å². The Kier molecular flexibility index (Phi) is 5.01. The fraction of sp³-hybridized carbons (Fsp3) is 0.345. The molecule has 8 nitrogen and oxygen atoms in total. The maximum Gasteiger partial charge on any atom is 0.274 e. The number of H-pyrrole nitrogens is 2. The molecule has 37 heavy (non-hydrogen) atoms. The monoisotopic (exact) mass is 495 g/mol. The Morgan fingerprint density at radius 3 is 2.73 bits per heavy atom. The fourth-order valence-electron chi connectivity index (χ4n) is 6.28. The topological polar surface area (TPSA) is 95.5 Å². The Bertz CT molecular complexity index is 1750. The number of fused-ring (bicyclic) bond motifs is 6. The standard InChI is InChI=1S/C29H29N5O3/c1-16-13-24-23(32-28(35)25-15-30-27(34(24)25)18-8-11-37-12-9-18)14-21(16)29(36)33-10-7-20-19-5-3-4-6-22(19)31-26(20)17(33)2/h3-6,13-15,17-18,31H,7-12H2,1-2H3,(H,32,35). The number of amides is 1. The summed E-state index contributed by atoms with van der Waals surface area (Å²) >= 11 is 0. The van der Waals surface area contributed by atoms with E-state index in [1.54, 1.807) is 6.20 Å². The van der Waals surface area contributed by atoms with Crippen LogP contribution in [-0.4, -0.2) is 49.9 Å². The third kappa shape index (κ3) is 3.35. The van der Waals surface area contributed by atoms with E-state index in [2.05, 4.69) is 40.1 Å². The van der Waals surface area contributed by atoms with Crippen LogP contribution in [0, 0.1) is 6.92 Å². The molecule has 1 unspecified atom stereocenters. The second-order valence-electron chi connectivity index (χ2n) is 10.3. The Morgan fingerprint density at radius 1 is 1.08 bits per heavy atom. The lowest BCUT2D eigenvalue weighted by Crippen LogP contribution is -2.39. The Morgan fingerprint density at radius 2 is 1.89 bits per heavy atom.